The van der Waals surface area contributed by atoms with E-state index in [1.165, 1.54) is 12.0 Å². The molecule has 1 unspecified atom stereocenters. The van der Waals surface area contributed by atoms with Gasteiger partial charge in [0.05, 0.1) is 30.8 Å². The van der Waals surface area contributed by atoms with Gasteiger partial charge in [0.2, 0.25) is 5.91 Å². The molecule has 0 radical (unpaired) electrons. The van der Waals surface area contributed by atoms with Crippen LogP contribution in [0.2, 0.25) is 0 Å². The SMILES string of the molecule is CCOC(=O)N1CCN(C(=O)C(CCC(=O)O)c2nc3cccc(C)c3c(OC)c2C(N)=O)CC1. The molecule has 0 bridgehead atoms. The highest BCUT2D eigenvalue weighted by Crippen LogP contribution is 2.37. The van der Waals surface area contributed by atoms with Gasteiger partial charge in [0.1, 0.15) is 11.3 Å². The lowest BCUT2D eigenvalue weighted by molar-refractivity contribution is -0.138. The van der Waals surface area contributed by atoms with Crippen molar-refractivity contribution in [1.29, 1.82) is 0 Å². The maximum absolute atomic E-state index is 13.7. The Balaban J connectivity index is 2.04. The van der Waals surface area contributed by atoms with E-state index in [0.29, 0.717) is 10.9 Å². The zero-order chi connectivity index (χ0) is 25.7. The van der Waals surface area contributed by atoms with E-state index in [0.717, 1.165) is 5.56 Å². The first-order valence-corrected chi connectivity index (χ1v) is 11.4. The number of piperazine rings is 1. The summed E-state index contributed by atoms with van der Waals surface area (Å²) in [5, 5.41) is 9.91. The summed E-state index contributed by atoms with van der Waals surface area (Å²) < 4.78 is 10.6. The normalized spacial score (nSPS) is 14.5. The van der Waals surface area contributed by atoms with Crippen LogP contribution in [0.25, 0.3) is 10.9 Å². The summed E-state index contributed by atoms with van der Waals surface area (Å²) >= 11 is 0. The Kier molecular flexibility index (Phi) is 8.10. The molecule has 1 atom stereocenters. The summed E-state index contributed by atoms with van der Waals surface area (Å²) in [6.45, 7) is 4.81. The molecule has 1 aromatic carbocycles. The molecule has 11 heteroatoms. The number of aromatic nitrogens is 1. The van der Waals surface area contributed by atoms with Crippen LogP contribution in [0.5, 0.6) is 5.75 Å². The van der Waals surface area contributed by atoms with E-state index in [4.69, 9.17) is 15.2 Å². The molecule has 0 spiro atoms. The number of fused-ring (bicyclic) bond motifs is 1. The van der Waals surface area contributed by atoms with Crippen LogP contribution in [0.3, 0.4) is 0 Å². The fourth-order valence-corrected chi connectivity index (χ4v) is 4.35. The molecule has 35 heavy (non-hydrogen) atoms. The predicted octanol–water partition coefficient (Wildman–Crippen LogP) is 1.90. The van der Waals surface area contributed by atoms with E-state index >= 15 is 0 Å². The van der Waals surface area contributed by atoms with Crippen molar-refractivity contribution in [2.24, 2.45) is 5.73 Å². The fourth-order valence-electron chi connectivity index (χ4n) is 4.35. The van der Waals surface area contributed by atoms with Crippen molar-refractivity contribution in [3.8, 4) is 5.75 Å². The fraction of sp³-hybridized carbons (Fsp3) is 0.458. The molecule has 2 aromatic rings. The second-order valence-corrected chi connectivity index (χ2v) is 8.23. The van der Waals surface area contributed by atoms with Crippen LogP contribution in [0.4, 0.5) is 4.79 Å². The Morgan fingerprint density at radius 1 is 1.14 bits per heavy atom. The quantitative estimate of drug-likeness (QED) is 0.574. The third-order valence-corrected chi connectivity index (χ3v) is 6.04. The van der Waals surface area contributed by atoms with Gasteiger partial charge in [-0.05, 0) is 31.9 Å². The first-order chi connectivity index (χ1) is 16.7. The largest absolute Gasteiger partial charge is 0.495 e. The number of carboxylic acids is 1. The average Bonchev–Trinajstić information content (AvgIpc) is 2.83. The van der Waals surface area contributed by atoms with Crippen molar-refractivity contribution in [1.82, 2.24) is 14.8 Å². The molecule has 1 fully saturated rings. The standard InChI is InChI=1S/C24H30N4O7/c1-4-35-24(33)28-12-10-27(11-13-28)23(32)15(8-9-17(29)30)20-19(22(25)31)21(34-3)18-14(2)6-5-7-16(18)26-20/h5-7,15H,4,8-13H2,1-3H3,(H2,25,31)(H,29,30). The molecule has 3 amide bonds. The van der Waals surface area contributed by atoms with Crippen molar-refractivity contribution < 1.29 is 33.8 Å². The van der Waals surface area contributed by atoms with Gasteiger partial charge in [-0.2, -0.15) is 0 Å². The topological polar surface area (TPSA) is 152 Å². The van der Waals surface area contributed by atoms with E-state index in [1.54, 1.807) is 24.0 Å². The van der Waals surface area contributed by atoms with Crippen LogP contribution >= 0.6 is 0 Å². The number of hydrogen-bond acceptors (Lipinski definition) is 7. The highest BCUT2D eigenvalue weighted by molar-refractivity contribution is 6.05. The van der Waals surface area contributed by atoms with Crippen molar-refractivity contribution in [2.75, 3.05) is 39.9 Å². The summed E-state index contributed by atoms with van der Waals surface area (Å²) in [5.41, 5.74) is 7.09. The lowest BCUT2D eigenvalue weighted by Crippen LogP contribution is -2.52. The second kappa shape index (κ2) is 11.0. The maximum atomic E-state index is 13.7. The van der Waals surface area contributed by atoms with Gasteiger partial charge in [-0.3, -0.25) is 19.4 Å². The third-order valence-electron chi connectivity index (χ3n) is 6.04. The van der Waals surface area contributed by atoms with Gasteiger partial charge in [0.15, 0.2) is 0 Å². The smallest absolute Gasteiger partial charge is 0.409 e. The first kappa shape index (κ1) is 25.7. The molecule has 2 heterocycles. The number of nitrogens with zero attached hydrogens (tertiary/aromatic N) is 3. The Hall–Kier alpha value is -3.89. The van der Waals surface area contributed by atoms with Crippen molar-refractivity contribution >= 4 is 34.8 Å². The number of amides is 3. The number of pyridine rings is 1. The number of aliphatic carboxylic acids is 1. The molecule has 1 aromatic heterocycles. The van der Waals surface area contributed by atoms with Gasteiger partial charge in [0, 0.05) is 38.0 Å². The molecule has 0 aliphatic carbocycles. The number of primary amides is 1. The van der Waals surface area contributed by atoms with E-state index in [-0.39, 0.29) is 68.5 Å². The van der Waals surface area contributed by atoms with Gasteiger partial charge in [-0.25, -0.2) is 4.79 Å². The summed E-state index contributed by atoms with van der Waals surface area (Å²) in [6, 6.07) is 5.36. The molecule has 3 rings (SSSR count). The van der Waals surface area contributed by atoms with Gasteiger partial charge >= 0.3 is 12.1 Å². The molecular weight excluding hydrogens is 456 g/mol. The number of nitrogens with two attached hydrogens (primary N) is 1. The van der Waals surface area contributed by atoms with Gasteiger partial charge in [-0.15, -0.1) is 0 Å². The molecule has 1 saturated heterocycles. The van der Waals surface area contributed by atoms with E-state index in [1.807, 2.05) is 13.0 Å². The Morgan fingerprint density at radius 2 is 1.80 bits per heavy atom. The number of rotatable bonds is 8. The van der Waals surface area contributed by atoms with Gasteiger partial charge in [0.25, 0.3) is 5.91 Å². The summed E-state index contributed by atoms with van der Waals surface area (Å²) in [5.74, 6) is -3.13. The number of carbonyl (C=O) groups is 4. The number of carbonyl (C=O) groups excluding carboxylic acids is 3. The number of aryl methyl sites for hydroxylation is 1. The Labute approximate surface area is 202 Å². The van der Waals surface area contributed by atoms with Crippen LogP contribution in [-0.4, -0.2) is 83.7 Å². The minimum Gasteiger partial charge on any atom is -0.495 e. The van der Waals surface area contributed by atoms with E-state index < -0.39 is 23.9 Å². The van der Waals surface area contributed by atoms with Crippen LogP contribution in [0.15, 0.2) is 18.2 Å². The molecule has 0 saturated carbocycles. The number of carboxylic acid groups (broad SMARTS) is 1. The minimum atomic E-state index is -1.08. The number of hydrogen-bond donors (Lipinski definition) is 2. The monoisotopic (exact) mass is 486 g/mol. The van der Waals surface area contributed by atoms with Crippen molar-refractivity contribution in [3.05, 3.63) is 35.0 Å². The lowest BCUT2D eigenvalue weighted by atomic mass is 9.90. The second-order valence-electron chi connectivity index (χ2n) is 8.23. The third kappa shape index (κ3) is 5.44. The van der Waals surface area contributed by atoms with Crippen molar-refractivity contribution in [2.45, 2.75) is 32.6 Å². The highest BCUT2D eigenvalue weighted by atomic mass is 16.6. The zero-order valence-corrected chi connectivity index (χ0v) is 20.1. The van der Waals surface area contributed by atoms with Crippen molar-refractivity contribution in [3.63, 3.8) is 0 Å². The summed E-state index contributed by atoms with van der Waals surface area (Å²) in [6.07, 6.45) is -0.845. The number of methoxy groups -OCH3 is 1. The Bertz CT molecular complexity index is 1140. The summed E-state index contributed by atoms with van der Waals surface area (Å²) in [4.78, 5) is 57.3. The minimum absolute atomic E-state index is 0.0387. The molecular formula is C24H30N4O7. The average molecular weight is 487 g/mol. The molecule has 188 valence electrons. The predicted molar refractivity (Wildman–Crippen MR) is 126 cm³/mol. The molecule has 1 aliphatic rings. The van der Waals surface area contributed by atoms with Gasteiger partial charge in [-0.1, -0.05) is 12.1 Å². The van der Waals surface area contributed by atoms with Gasteiger partial charge < -0.3 is 30.1 Å². The zero-order valence-electron chi connectivity index (χ0n) is 20.1. The number of ether oxygens (including phenoxy) is 2. The lowest BCUT2D eigenvalue weighted by Gasteiger charge is -2.36. The van der Waals surface area contributed by atoms with E-state index in [2.05, 4.69) is 4.98 Å². The number of benzene rings is 1. The molecule has 1 aliphatic heterocycles. The maximum Gasteiger partial charge on any atom is 0.409 e. The van der Waals surface area contributed by atoms with E-state index in [9.17, 15) is 24.3 Å². The van der Waals surface area contributed by atoms with Crippen LogP contribution in [0.1, 0.15) is 47.3 Å². The first-order valence-electron chi connectivity index (χ1n) is 11.4. The van der Waals surface area contributed by atoms with Crippen LogP contribution < -0.4 is 10.5 Å². The molecule has 3 N–H and O–H groups in total. The van der Waals surface area contributed by atoms with Crippen LogP contribution in [0, 0.1) is 6.92 Å². The highest BCUT2D eigenvalue weighted by Gasteiger charge is 2.35. The van der Waals surface area contributed by atoms with Crippen LogP contribution in [-0.2, 0) is 14.3 Å². The molecule has 11 nitrogen and oxygen atoms in total. The summed E-state index contributed by atoms with van der Waals surface area (Å²) in [7, 11) is 1.40. The Morgan fingerprint density at radius 3 is 2.37 bits per heavy atom.